The molecule has 0 bridgehead atoms. The van der Waals surface area contributed by atoms with E-state index in [0.717, 1.165) is 30.0 Å². The average Bonchev–Trinajstić information content (AvgIpc) is 2.24. The van der Waals surface area contributed by atoms with E-state index >= 15 is 0 Å². The normalized spacial score (nSPS) is 26.6. The van der Waals surface area contributed by atoms with Crippen molar-refractivity contribution in [3.63, 3.8) is 0 Å². The van der Waals surface area contributed by atoms with E-state index in [0.29, 0.717) is 6.04 Å². The summed E-state index contributed by atoms with van der Waals surface area (Å²) in [4.78, 5) is 0. The molecular formula is C13H18FN. The fourth-order valence-electron chi connectivity index (χ4n) is 2.27. The third-order valence-corrected chi connectivity index (χ3v) is 3.35. The predicted octanol–water partition coefficient (Wildman–Crippen LogP) is 3.19. The fraction of sp³-hybridized carbons (Fsp3) is 0.538. The molecule has 2 atom stereocenters. The Bertz CT molecular complexity index is 340. The number of benzene rings is 1. The first kappa shape index (κ1) is 10.6. The van der Waals surface area contributed by atoms with Crippen molar-refractivity contribution >= 4 is 0 Å². The van der Waals surface area contributed by atoms with Crippen molar-refractivity contribution in [2.24, 2.45) is 5.92 Å². The first-order valence-electron chi connectivity index (χ1n) is 5.67. The second kappa shape index (κ2) is 4.31. The molecule has 2 unspecified atom stereocenters. The number of piperidine rings is 1. The van der Waals surface area contributed by atoms with Gasteiger partial charge in [0, 0.05) is 6.04 Å². The van der Waals surface area contributed by atoms with E-state index in [-0.39, 0.29) is 5.82 Å². The topological polar surface area (TPSA) is 12.0 Å². The summed E-state index contributed by atoms with van der Waals surface area (Å²) in [6.45, 7) is 5.16. The summed E-state index contributed by atoms with van der Waals surface area (Å²) in [7, 11) is 0. The van der Waals surface area contributed by atoms with Crippen LogP contribution in [-0.2, 0) is 0 Å². The molecule has 15 heavy (non-hydrogen) atoms. The van der Waals surface area contributed by atoms with Gasteiger partial charge in [-0.05, 0) is 49.4 Å². The molecule has 1 aliphatic rings. The zero-order chi connectivity index (χ0) is 10.8. The van der Waals surface area contributed by atoms with Crippen LogP contribution in [0.4, 0.5) is 4.39 Å². The first-order chi connectivity index (χ1) is 7.18. The molecule has 1 aliphatic heterocycles. The van der Waals surface area contributed by atoms with Crippen molar-refractivity contribution in [1.82, 2.24) is 5.32 Å². The van der Waals surface area contributed by atoms with E-state index in [2.05, 4.69) is 12.2 Å². The van der Waals surface area contributed by atoms with E-state index in [4.69, 9.17) is 0 Å². The van der Waals surface area contributed by atoms with Gasteiger partial charge in [0.25, 0.3) is 0 Å². The summed E-state index contributed by atoms with van der Waals surface area (Å²) in [6.07, 6.45) is 2.35. The molecule has 2 heteroatoms. The lowest BCUT2D eigenvalue weighted by molar-refractivity contribution is 0.331. The Morgan fingerprint density at radius 1 is 1.33 bits per heavy atom. The maximum Gasteiger partial charge on any atom is 0.126 e. The molecule has 1 aromatic rings. The summed E-state index contributed by atoms with van der Waals surface area (Å²) < 4.78 is 13.4. The molecule has 1 aromatic carbocycles. The Morgan fingerprint density at radius 2 is 2.13 bits per heavy atom. The highest BCUT2D eigenvalue weighted by Gasteiger charge is 2.20. The number of rotatable bonds is 1. The van der Waals surface area contributed by atoms with Crippen LogP contribution in [0.25, 0.3) is 0 Å². The van der Waals surface area contributed by atoms with Crippen LogP contribution in [-0.4, -0.2) is 6.54 Å². The highest BCUT2D eigenvalue weighted by Crippen LogP contribution is 2.28. The van der Waals surface area contributed by atoms with Gasteiger partial charge in [0.2, 0.25) is 0 Å². The molecule has 0 spiro atoms. The van der Waals surface area contributed by atoms with Crippen LogP contribution in [0.5, 0.6) is 0 Å². The molecule has 0 aliphatic carbocycles. The Kier molecular flexibility index (Phi) is 3.06. The van der Waals surface area contributed by atoms with Gasteiger partial charge in [-0.2, -0.15) is 0 Å². The molecule has 0 amide bonds. The number of halogens is 1. The molecule has 82 valence electrons. The number of hydrogen-bond donors (Lipinski definition) is 1. The van der Waals surface area contributed by atoms with Crippen LogP contribution >= 0.6 is 0 Å². The molecule has 1 saturated heterocycles. The van der Waals surface area contributed by atoms with Gasteiger partial charge in [-0.3, -0.25) is 0 Å². The molecule has 1 heterocycles. The number of hydrogen-bond acceptors (Lipinski definition) is 1. The van der Waals surface area contributed by atoms with Crippen molar-refractivity contribution in [3.05, 3.63) is 35.1 Å². The van der Waals surface area contributed by atoms with Crippen LogP contribution in [0.1, 0.15) is 36.9 Å². The van der Waals surface area contributed by atoms with Crippen molar-refractivity contribution in [2.45, 2.75) is 32.7 Å². The Balaban J connectivity index is 2.19. The summed E-state index contributed by atoms with van der Waals surface area (Å²) >= 11 is 0. The summed E-state index contributed by atoms with van der Waals surface area (Å²) in [5.74, 6) is 0.656. The molecule has 1 N–H and O–H groups in total. The first-order valence-corrected chi connectivity index (χ1v) is 5.67. The van der Waals surface area contributed by atoms with Crippen molar-refractivity contribution in [2.75, 3.05) is 6.54 Å². The van der Waals surface area contributed by atoms with Gasteiger partial charge in [0.05, 0.1) is 0 Å². The van der Waals surface area contributed by atoms with Crippen LogP contribution in [0.3, 0.4) is 0 Å². The van der Waals surface area contributed by atoms with Gasteiger partial charge in [-0.15, -0.1) is 0 Å². The Hall–Kier alpha value is -0.890. The van der Waals surface area contributed by atoms with E-state index in [9.17, 15) is 4.39 Å². The van der Waals surface area contributed by atoms with Crippen LogP contribution in [0.2, 0.25) is 0 Å². The average molecular weight is 207 g/mol. The third kappa shape index (κ3) is 2.20. The highest BCUT2D eigenvalue weighted by molar-refractivity contribution is 5.30. The fourth-order valence-corrected chi connectivity index (χ4v) is 2.27. The van der Waals surface area contributed by atoms with Gasteiger partial charge < -0.3 is 5.32 Å². The zero-order valence-corrected chi connectivity index (χ0v) is 9.39. The summed E-state index contributed by atoms with van der Waals surface area (Å²) in [5.41, 5.74) is 1.92. The van der Waals surface area contributed by atoms with Crippen LogP contribution < -0.4 is 5.32 Å². The quantitative estimate of drug-likeness (QED) is 0.745. The minimum atomic E-state index is -0.0899. The molecule has 2 rings (SSSR count). The SMILES string of the molecule is Cc1c(F)cccc1C1CCC(C)CN1. The van der Waals surface area contributed by atoms with Crippen molar-refractivity contribution in [1.29, 1.82) is 0 Å². The van der Waals surface area contributed by atoms with E-state index in [1.807, 2.05) is 13.0 Å². The predicted molar refractivity (Wildman–Crippen MR) is 60.3 cm³/mol. The molecular weight excluding hydrogens is 189 g/mol. The minimum Gasteiger partial charge on any atom is -0.310 e. The maximum absolute atomic E-state index is 13.4. The number of nitrogens with one attached hydrogen (secondary N) is 1. The lowest BCUT2D eigenvalue weighted by Gasteiger charge is -2.29. The zero-order valence-electron chi connectivity index (χ0n) is 9.39. The molecule has 0 saturated carbocycles. The molecule has 1 fully saturated rings. The monoisotopic (exact) mass is 207 g/mol. The van der Waals surface area contributed by atoms with Gasteiger partial charge in [-0.25, -0.2) is 4.39 Å². The second-order valence-electron chi connectivity index (χ2n) is 4.60. The van der Waals surface area contributed by atoms with Gasteiger partial charge >= 0.3 is 0 Å². The Morgan fingerprint density at radius 3 is 2.80 bits per heavy atom. The molecule has 0 radical (unpaired) electrons. The second-order valence-corrected chi connectivity index (χ2v) is 4.60. The largest absolute Gasteiger partial charge is 0.310 e. The maximum atomic E-state index is 13.4. The summed E-state index contributed by atoms with van der Waals surface area (Å²) in [5, 5.41) is 3.49. The highest BCUT2D eigenvalue weighted by atomic mass is 19.1. The lowest BCUT2D eigenvalue weighted by Crippen LogP contribution is -2.32. The molecule has 1 nitrogen and oxygen atoms in total. The Labute approximate surface area is 90.7 Å². The van der Waals surface area contributed by atoms with Gasteiger partial charge in [-0.1, -0.05) is 19.1 Å². The van der Waals surface area contributed by atoms with E-state index in [1.165, 1.54) is 12.5 Å². The van der Waals surface area contributed by atoms with Crippen LogP contribution in [0, 0.1) is 18.7 Å². The summed E-state index contributed by atoms with van der Waals surface area (Å²) in [6, 6.07) is 5.71. The van der Waals surface area contributed by atoms with Crippen molar-refractivity contribution in [3.8, 4) is 0 Å². The van der Waals surface area contributed by atoms with Crippen molar-refractivity contribution < 1.29 is 4.39 Å². The van der Waals surface area contributed by atoms with E-state index < -0.39 is 0 Å². The van der Waals surface area contributed by atoms with Crippen LogP contribution in [0.15, 0.2) is 18.2 Å². The molecule has 0 aromatic heterocycles. The minimum absolute atomic E-state index is 0.0899. The standard InChI is InChI=1S/C13H18FN/c1-9-6-7-13(15-8-9)11-4-3-5-12(14)10(11)2/h3-5,9,13,15H,6-8H2,1-2H3. The van der Waals surface area contributed by atoms with E-state index in [1.54, 1.807) is 6.07 Å². The van der Waals surface area contributed by atoms with Gasteiger partial charge in [0.1, 0.15) is 5.82 Å². The smallest absolute Gasteiger partial charge is 0.126 e. The third-order valence-electron chi connectivity index (χ3n) is 3.35. The van der Waals surface area contributed by atoms with Gasteiger partial charge in [0.15, 0.2) is 0 Å². The lowest BCUT2D eigenvalue weighted by atomic mass is 9.90.